The number of amides is 1. The highest BCUT2D eigenvalue weighted by Gasteiger charge is 2.24. The molecule has 1 heterocycles. The first kappa shape index (κ1) is 18.9. The van der Waals surface area contributed by atoms with Gasteiger partial charge in [-0.2, -0.15) is 0 Å². The van der Waals surface area contributed by atoms with E-state index in [0.29, 0.717) is 27.3 Å². The van der Waals surface area contributed by atoms with Gasteiger partial charge in [-0.05, 0) is 36.2 Å². The summed E-state index contributed by atoms with van der Waals surface area (Å²) in [6.45, 7) is 2.38. The third-order valence-corrected chi connectivity index (χ3v) is 6.32. The maximum absolute atomic E-state index is 13.4. The van der Waals surface area contributed by atoms with Gasteiger partial charge >= 0.3 is 0 Å². The zero-order valence-electron chi connectivity index (χ0n) is 15.0. The van der Waals surface area contributed by atoms with Crippen molar-refractivity contribution in [2.24, 2.45) is 0 Å². The average Bonchev–Trinajstić information content (AvgIpc) is 3.16. The standard InChI is InChI=1S/C22H16Cl2N2OS/c1-14-11-12-18(24)20-19(14)25-22(28-20)26(13-15-7-3-2-4-8-15)21(27)16-9-5-6-10-17(16)23/h2-12H,13H2,1H3. The van der Waals surface area contributed by atoms with Crippen molar-refractivity contribution in [1.29, 1.82) is 0 Å². The van der Waals surface area contributed by atoms with E-state index in [-0.39, 0.29) is 5.91 Å². The van der Waals surface area contributed by atoms with Gasteiger partial charge in [0.1, 0.15) is 0 Å². The molecule has 0 aliphatic heterocycles. The van der Waals surface area contributed by atoms with E-state index < -0.39 is 0 Å². The van der Waals surface area contributed by atoms with Gasteiger partial charge in [-0.25, -0.2) is 4.98 Å². The predicted molar refractivity (Wildman–Crippen MR) is 118 cm³/mol. The normalized spacial score (nSPS) is 11.0. The van der Waals surface area contributed by atoms with Gasteiger partial charge in [0.15, 0.2) is 5.13 Å². The number of aryl methyl sites for hydroxylation is 1. The summed E-state index contributed by atoms with van der Waals surface area (Å²) in [5.74, 6) is -0.192. The van der Waals surface area contributed by atoms with Crippen LogP contribution in [0.5, 0.6) is 0 Å². The van der Waals surface area contributed by atoms with Gasteiger partial charge in [-0.3, -0.25) is 9.69 Å². The molecule has 1 aromatic heterocycles. The number of carbonyl (C=O) groups is 1. The van der Waals surface area contributed by atoms with Gasteiger partial charge in [-0.15, -0.1) is 0 Å². The number of thiazole rings is 1. The molecule has 0 aliphatic rings. The molecule has 0 bridgehead atoms. The number of hydrogen-bond donors (Lipinski definition) is 0. The first-order valence-electron chi connectivity index (χ1n) is 8.70. The second kappa shape index (κ2) is 7.92. The van der Waals surface area contributed by atoms with Gasteiger partial charge in [0, 0.05) is 0 Å². The van der Waals surface area contributed by atoms with Crippen molar-refractivity contribution < 1.29 is 4.79 Å². The van der Waals surface area contributed by atoms with E-state index >= 15 is 0 Å². The Morgan fingerprint density at radius 1 is 0.964 bits per heavy atom. The Kier molecular flexibility index (Phi) is 5.36. The molecule has 0 spiro atoms. The van der Waals surface area contributed by atoms with E-state index in [2.05, 4.69) is 0 Å². The largest absolute Gasteiger partial charge is 0.279 e. The Bertz CT molecular complexity index is 1120. The molecule has 3 nitrogen and oxygen atoms in total. The monoisotopic (exact) mass is 426 g/mol. The summed E-state index contributed by atoms with van der Waals surface area (Å²) in [6, 6.07) is 20.7. The molecule has 3 aromatic carbocycles. The highest BCUT2D eigenvalue weighted by atomic mass is 35.5. The zero-order chi connectivity index (χ0) is 19.7. The lowest BCUT2D eigenvalue weighted by atomic mass is 10.1. The fourth-order valence-corrected chi connectivity index (χ4v) is 4.51. The van der Waals surface area contributed by atoms with Crippen LogP contribution in [0.4, 0.5) is 5.13 Å². The zero-order valence-corrected chi connectivity index (χ0v) is 17.4. The lowest BCUT2D eigenvalue weighted by molar-refractivity contribution is 0.0985. The van der Waals surface area contributed by atoms with Crippen LogP contribution in [0.25, 0.3) is 10.2 Å². The van der Waals surface area contributed by atoms with Crippen molar-refractivity contribution >= 4 is 55.8 Å². The summed E-state index contributed by atoms with van der Waals surface area (Å²) in [5.41, 5.74) is 3.29. The molecule has 6 heteroatoms. The third kappa shape index (κ3) is 3.63. The van der Waals surface area contributed by atoms with Crippen LogP contribution in [0, 0.1) is 6.92 Å². The Hall–Kier alpha value is -2.40. The number of hydrogen-bond acceptors (Lipinski definition) is 3. The third-order valence-electron chi connectivity index (χ3n) is 4.45. The molecule has 4 rings (SSSR count). The van der Waals surface area contributed by atoms with Crippen LogP contribution in [0.2, 0.25) is 10.0 Å². The fraction of sp³-hybridized carbons (Fsp3) is 0.0909. The molecule has 0 saturated carbocycles. The molecular weight excluding hydrogens is 411 g/mol. The van der Waals surface area contributed by atoms with Crippen molar-refractivity contribution in [2.75, 3.05) is 4.90 Å². The highest BCUT2D eigenvalue weighted by molar-refractivity contribution is 7.23. The smallest absolute Gasteiger partial charge is 0.261 e. The first-order chi connectivity index (χ1) is 13.5. The van der Waals surface area contributed by atoms with E-state index in [1.807, 2.05) is 55.5 Å². The summed E-state index contributed by atoms with van der Waals surface area (Å²) in [7, 11) is 0. The number of benzene rings is 3. The van der Waals surface area contributed by atoms with Crippen LogP contribution in [-0.4, -0.2) is 10.9 Å². The molecule has 1 amide bonds. The lowest BCUT2D eigenvalue weighted by Crippen LogP contribution is -2.30. The van der Waals surface area contributed by atoms with Crippen molar-refractivity contribution in [3.63, 3.8) is 0 Å². The summed E-state index contributed by atoms with van der Waals surface area (Å²) in [4.78, 5) is 19.8. The number of anilines is 1. The van der Waals surface area contributed by atoms with Gasteiger partial charge in [0.05, 0.1) is 32.4 Å². The van der Waals surface area contributed by atoms with E-state index in [4.69, 9.17) is 28.2 Å². The van der Waals surface area contributed by atoms with Crippen molar-refractivity contribution in [3.05, 3.63) is 93.5 Å². The summed E-state index contributed by atoms with van der Waals surface area (Å²) in [5, 5.41) is 1.65. The molecule has 0 unspecified atom stereocenters. The summed E-state index contributed by atoms with van der Waals surface area (Å²) in [6.07, 6.45) is 0. The minimum absolute atomic E-state index is 0.192. The second-order valence-electron chi connectivity index (χ2n) is 6.40. The summed E-state index contributed by atoms with van der Waals surface area (Å²) < 4.78 is 0.877. The van der Waals surface area contributed by atoms with Crippen LogP contribution in [0.15, 0.2) is 66.7 Å². The van der Waals surface area contributed by atoms with E-state index in [1.165, 1.54) is 11.3 Å². The molecule has 0 saturated heterocycles. The Morgan fingerprint density at radius 3 is 2.39 bits per heavy atom. The van der Waals surface area contributed by atoms with Crippen LogP contribution < -0.4 is 4.90 Å². The number of nitrogens with zero attached hydrogens (tertiary/aromatic N) is 2. The Morgan fingerprint density at radius 2 is 1.68 bits per heavy atom. The molecular formula is C22H16Cl2N2OS. The van der Waals surface area contributed by atoms with E-state index in [9.17, 15) is 4.79 Å². The quantitative estimate of drug-likeness (QED) is 0.361. The maximum Gasteiger partial charge on any atom is 0.261 e. The van der Waals surface area contributed by atoms with Gasteiger partial charge < -0.3 is 0 Å². The Labute approximate surface area is 177 Å². The molecule has 0 N–H and O–H groups in total. The highest BCUT2D eigenvalue weighted by Crippen LogP contribution is 2.37. The second-order valence-corrected chi connectivity index (χ2v) is 8.19. The fourth-order valence-electron chi connectivity index (χ4n) is 2.98. The lowest BCUT2D eigenvalue weighted by Gasteiger charge is -2.20. The average molecular weight is 427 g/mol. The predicted octanol–water partition coefficient (Wildman–Crippen LogP) is 6.76. The molecule has 4 aromatic rings. The van der Waals surface area contributed by atoms with Gasteiger partial charge in [0.2, 0.25) is 0 Å². The van der Waals surface area contributed by atoms with Crippen molar-refractivity contribution in [1.82, 2.24) is 4.98 Å². The SMILES string of the molecule is Cc1ccc(Cl)c2sc(N(Cc3ccccc3)C(=O)c3ccccc3Cl)nc12. The molecule has 140 valence electrons. The number of rotatable bonds is 4. The minimum Gasteiger partial charge on any atom is -0.279 e. The number of halogens is 2. The molecule has 0 aliphatic carbocycles. The molecule has 0 atom stereocenters. The van der Waals surface area contributed by atoms with E-state index in [0.717, 1.165) is 21.3 Å². The number of fused-ring (bicyclic) bond motifs is 1. The maximum atomic E-state index is 13.4. The minimum atomic E-state index is -0.192. The van der Waals surface area contributed by atoms with Crippen LogP contribution in [0.3, 0.4) is 0 Å². The number of aromatic nitrogens is 1. The van der Waals surface area contributed by atoms with Gasteiger partial charge in [-0.1, -0.05) is 83.1 Å². The topological polar surface area (TPSA) is 33.2 Å². The van der Waals surface area contributed by atoms with Crippen molar-refractivity contribution in [2.45, 2.75) is 13.5 Å². The van der Waals surface area contributed by atoms with Crippen molar-refractivity contribution in [3.8, 4) is 0 Å². The number of carbonyl (C=O) groups excluding carboxylic acids is 1. The van der Waals surface area contributed by atoms with Gasteiger partial charge in [0.25, 0.3) is 5.91 Å². The molecule has 0 fully saturated rings. The van der Waals surface area contributed by atoms with Crippen LogP contribution in [-0.2, 0) is 6.54 Å². The summed E-state index contributed by atoms with van der Waals surface area (Å²) >= 11 is 14.1. The molecule has 28 heavy (non-hydrogen) atoms. The van der Waals surface area contributed by atoms with E-state index in [1.54, 1.807) is 23.1 Å². The first-order valence-corrected chi connectivity index (χ1v) is 10.3. The Balaban J connectivity index is 1.83. The van der Waals surface area contributed by atoms with Crippen LogP contribution >= 0.6 is 34.5 Å². The molecule has 0 radical (unpaired) electrons. The van der Waals surface area contributed by atoms with Crippen LogP contribution in [0.1, 0.15) is 21.5 Å².